The van der Waals surface area contributed by atoms with Crippen LogP contribution >= 0.6 is 0 Å². The first-order valence-electron chi connectivity index (χ1n) is 11.2. The lowest BCUT2D eigenvalue weighted by molar-refractivity contribution is -0.144. The molecule has 33 heavy (non-hydrogen) atoms. The number of hydrogen-bond donors (Lipinski definition) is 1. The number of morpholine rings is 1. The minimum Gasteiger partial charge on any atom is -0.370 e. The minimum atomic E-state index is -3.65. The molecular formula is C24H29N3O5S. The zero-order chi connectivity index (χ0) is 23.4. The zero-order valence-corrected chi connectivity index (χ0v) is 19.5. The molecule has 0 aliphatic carbocycles. The van der Waals surface area contributed by atoms with Gasteiger partial charge in [0.25, 0.3) is 0 Å². The molecule has 8 nitrogen and oxygen atoms in total. The van der Waals surface area contributed by atoms with Crippen molar-refractivity contribution in [3.63, 3.8) is 0 Å². The van der Waals surface area contributed by atoms with Crippen LogP contribution in [0.3, 0.4) is 0 Å². The van der Waals surface area contributed by atoms with Gasteiger partial charge >= 0.3 is 0 Å². The monoisotopic (exact) mass is 471 g/mol. The fourth-order valence-electron chi connectivity index (χ4n) is 4.38. The van der Waals surface area contributed by atoms with Gasteiger partial charge in [-0.2, -0.15) is 4.31 Å². The van der Waals surface area contributed by atoms with Crippen LogP contribution in [0.25, 0.3) is 0 Å². The first-order valence-corrected chi connectivity index (χ1v) is 12.6. The van der Waals surface area contributed by atoms with Crippen molar-refractivity contribution in [1.82, 2.24) is 9.21 Å². The van der Waals surface area contributed by atoms with Crippen LogP contribution in [0.2, 0.25) is 0 Å². The second-order valence-electron chi connectivity index (χ2n) is 8.44. The van der Waals surface area contributed by atoms with Gasteiger partial charge in [0.1, 0.15) is 6.10 Å². The van der Waals surface area contributed by atoms with Crippen molar-refractivity contribution in [2.24, 2.45) is 5.92 Å². The number of nitrogens with zero attached hydrogens (tertiary/aromatic N) is 2. The van der Waals surface area contributed by atoms with Crippen LogP contribution < -0.4 is 5.32 Å². The molecule has 2 aliphatic heterocycles. The molecule has 2 heterocycles. The van der Waals surface area contributed by atoms with Gasteiger partial charge in [0.05, 0.1) is 18.0 Å². The Bertz CT molecular complexity index is 1080. The number of nitrogens with one attached hydrogen (secondary N) is 1. The van der Waals surface area contributed by atoms with Crippen molar-refractivity contribution < 1.29 is 22.7 Å². The number of hydrogen-bond acceptors (Lipinski definition) is 5. The Morgan fingerprint density at radius 3 is 2.27 bits per heavy atom. The van der Waals surface area contributed by atoms with Crippen LogP contribution in [-0.2, 0) is 24.3 Å². The highest BCUT2D eigenvalue weighted by molar-refractivity contribution is 7.89. The Kier molecular flexibility index (Phi) is 7.11. The number of rotatable bonds is 5. The molecule has 2 fully saturated rings. The number of benzene rings is 2. The molecular weight excluding hydrogens is 442 g/mol. The van der Waals surface area contributed by atoms with Crippen molar-refractivity contribution in [2.45, 2.75) is 30.8 Å². The van der Waals surface area contributed by atoms with Crippen LogP contribution in [0.4, 0.5) is 5.69 Å². The van der Waals surface area contributed by atoms with E-state index in [-0.39, 0.29) is 28.7 Å². The molecule has 9 heteroatoms. The van der Waals surface area contributed by atoms with Gasteiger partial charge in [0, 0.05) is 38.2 Å². The molecule has 2 aliphatic rings. The summed E-state index contributed by atoms with van der Waals surface area (Å²) in [5.41, 5.74) is 1.60. The Balaban J connectivity index is 1.35. The maximum Gasteiger partial charge on any atom is 0.243 e. The first-order chi connectivity index (χ1) is 15.8. The molecule has 1 unspecified atom stereocenters. The number of carbonyl (C=O) groups excluding carboxylic acids is 2. The van der Waals surface area contributed by atoms with E-state index in [1.807, 2.05) is 35.2 Å². The second-order valence-corrected chi connectivity index (χ2v) is 10.4. The van der Waals surface area contributed by atoms with E-state index in [0.29, 0.717) is 51.3 Å². The number of anilines is 1. The zero-order valence-electron chi connectivity index (χ0n) is 18.6. The summed E-state index contributed by atoms with van der Waals surface area (Å²) in [7, 11) is -3.65. The fraction of sp³-hybridized carbons (Fsp3) is 0.417. The lowest BCUT2D eigenvalue weighted by Gasteiger charge is -2.37. The summed E-state index contributed by atoms with van der Waals surface area (Å²) in [6.07, 6.45) is 0.856. The van der Waals surface area contributed by atoms with Crippen LogP contribution in [-0.4, -0.2) is 62.2 Å². The topological polar surface area (TPSA) is 96.0 Å². The summed E-state index contributed by atoms with van der Waals surface area (Å²) in [5.74, 6) is -0.322. The maximum absolute atomic E-state index is 13.1. The van der Waals surface area contributed by atoms with Gasteiger partial charge < -0.3 is 15.0 Å². The average molecular weight is 472 g/mol. The smallest absolute Gasteiger partial charge is 0.243 e. The number of amides is 2. The molecule has 176 valence electrons. The predicted octanol–water partition coefficient (Wildman–Crippen LogP) is 2.65. The quantitative estimate of drug-likeness (QED) is 0.723. The van der Waals surface area contributed by atoms with Crippen LogP contribution in [0.5, 0.6) is 0 Å². The molecule has 2 saturated heterocycles. The molecule has 2 aromatic rings. The largest absolute Gasteiger partial charge is 0.370 e. The van der Waals surface area contributed by atoms with Crippen molar-refractivity contribution in [3.05, 3.63) is 60.2 Å². The number of sulfonamides is 1. The average Bonchev–Trinajstić information content (AvgIpc) is 2.84. The number of ether oxygens (including phenoxy) is 1. The van der Waals surface area contributed by atoms with Gasteiger partial charge in [0.15, 0.2) is 0 Å². The van der Waals surface area contributed by atoms with Crippen LogP contribution in [0.15, 0.2) is 59.5 Å². The third-order valence-electron chi connectivity index (χ3n) is 6.17. The fourth-order valence-corrected chi connectivity index (χ4v) is 5.85. The Labute approximate surface area is 194 Å². The Morgan fingerprint density at radius 2 is 1.64 bits per heavy atom. The standard InChI is InChI=1S/C24H29N3O5S/c1-18(28)25-21-7-9-22(10-8-21)33(30,31)27-13-11-20(12-14-27)24(29)26-15-16-32-23(17-26)19-5-3-2-4-6-19/h2-10,20,23H,11-17H2,1H3,(H,25,28). The lowest BCUT2D eigenvalue weighted by atomic mass is 9.96. The minimum absolute atomic E-state index is 0.0796. The third kappa shape index (κ3) is 5.43. The Morgan fingerprint density at radius 1 is 0.970 bits per heavy atom. The van der Waals surface area contributed by atoms with E-state index in [9.17, 15) is 18.0 Å². The van der Waals surface area contributed by atoms with E-state index >= 15 is 0 Å². The second kappa shape index (κ2) is 10.0. The van der Waals surface area contributed by atoms with Crippen molar-refractivity contribution in [1.29, 1.82) is 0 Å². The SMILES string of the molecule is CC(=O)Nc1ccc(S(=O)(=O)N2CCC(C(=O)N3CCOC(c4ccccc4)C3)CC2)cc1. The maximum atomic E-state index is 13.1. The summed E-state index contributed by atoms with van der Waals surface area (Å²) in [4.78, 5) is 26.3. The summed E-state index contributed by atoms with van der Waals surface area (Å²) in [5, 5.41) is 2.63. The molecule has 1 atom stereocenters. The van der Waals surface area contributed by atoms with Gasteiger partial charge in [-0.25, -0.2) is 8.42 Å². The summed E-state index contributed by atoms with van der Waals surface area (Å²) in [6, 6.07) is 16.0. The van der Waals surface area contributed by atoms with E-state index < -0.39 is 10.0 Å². The highest BCUT2D eigenvalue weighted by Crippen LogP contribution is 2.28. The molecule has 0 bridgehead atoms. The van der Waals surface area contributed by atoms with E-state index in [1.54, 1.807) is 12.1 Å². The highest BCUT2D eigenvalue weighted by Gasteiger charge is 2.35. The normalized spacial score (nSPS) is 20.4. The summed E-state index contributed by atoms with van der Waals surface area (Å²) < 4.78 is 33.4. The van der Waals surface area contributed by atoms with E-state index in [0.717, 1.165) is 5.56 Å². The van der Waals surface area contributed by atoms with Crippen LogP contribution in [0, 0.1) is 5.92 Å². The predicted molar refractivity (Wildman–Crippen MR) is 124 cm³/mol. The van der Waals surface area contributed by atoms with E-state index in [1.165, 1.54) is 23.4 Å². The molecule has 0 radical (unpaired) electrons. The molecule has 1 N–H and O–H groups in total. The first kappa shape index (κ1) is 23.4. The van der Waals surface area contributed by atoms with Gasteiger partial charge in [-0.1, -0.05) is 30.3 Å². The third-order valence-corrected chi connectivity index (χ3v) is 8.08. The van der Waals surface area contributed by atoms with E-state index in [4.69, 9.17) is 4.74 Å². The van der Waals surface area contributed by atoms with Gasteiger partial charge in [-0.3, -0.25) is 9.59 Å². The molecule has 4 rings (SSSR count). The van der Waals surface area contributed by atoms with E-state index in [2.05, 4.69) is 5.32 Å². The molecule has 0 aromatic heterocycles. The van der Waals surface area contributed by atoms with Crippen molar-refractivity contribution >= 4 is 27.5 Å². The van der Waals surface area contributed by atoms with Gasteiger partial charge in [-0.05, 0) is 42.7 Å². The molecule has 2 aromatic carbocycles. The van der Waals surface area contributed by atoms with Gasteiger partial charge in [0.2, 0.25) is 21.8 Å². The summed E-state index contributed by atoms with van der Waals surface area (Å²) >= 11 is 0. The van der Waals surface area contributed by atoms with Crippen molar-refractivity contribution in [3.8, 4) is 0 Å². The van der Waals surface area contributed by atoms with Crippen LogP contribution in [0.1, 0.15) is 31.4 Å². The van der Waals surface area contributed by atoms with Crippen molar-refractivity contribution in [2.75, 3.05) is 38.1 Å². The molecule has 0 saturated carbocycles. The number of carbonyl (C=O) groups is 2. The molecule has 0 spiro atoms. The molecule has 2 amide bonds. The lowest BCUT2D eigenvalue weighted by Crippen LogP contribution is -2.48. The highest BCUT2D eigenvalue weighted by atomic mass is 32.2. The number of piperidine rings is 1. The van der Waals surface area contributed by atoms with Gasteiger partial charge in [-0.15, -0.1) is 0 Å². The Hall–Kier alpha value is -2.75. The summed E-state index contributed by atoms with van der Waals surface area (Å²) in [6.45, 7) is 3.57.